The van der Waals surface area contributed by atoms with Crippen LogP contribution in [0.15, 0.2) is 24.5 Å². The third kappa shape index (κ3) is 3.63. The molecule has 0 atom stereocenters. The minimum Gasteiger partial charge on any atom is -0.493 e. The highest BCUT2D eigenvalue weighted by Gasteiger charge is 2.15. The fourth-order valence-corrected chi connectivity index (χ4v) is 2.07. The molecule has 2 rings (SSSR count). The molecule has 21 heavy (non-hydrogen) atoms. The Kier molecular flexibility index (Phi) is 5.39. The van der Waals surface area contributed by atoms with Gasteiger partial charge in [-0.25, -0.2) is 0 Å². The van der Waals surface area contributed by atoms with Crippen LogP contribution in [0.4, 0.5) is 0 Å². The first-order chi connectivity index (χ1) is 10.3. The molecule has 2 aromatic rings. The Bertz CT molecular complexity index is 558. The zero-order valence-electron chi connectivity index (χ0n) is 12.5. The van der Waals surface area contributed by atoms with Gasteiger partial charge in [-0.3, -0.25) is 4.68 Å². The van der Waals surface area contributed by atoms with Gasteiger partial charge in [-0.1, -0.05) is 11.3 Å². The number of ether oxygens (including phenoxy) is 3. The summed E-state index contributed by atoms with van der Waals surface area (Å²) in [7, 11) is 4.83. The molecular weight excluding hydrogens is 272 g/mol. The molecule has 0 aliphatic rings. The third-order valence-electron chi connectivity index (χ3n) is 3.09. The Hall–Kier alpha value is -2.28. The molecule has 0 bridgehead atoms. The van der Waals surface area contributed by atoms with Crippen molar-refractivity contribution in [3.05, 3.63) is 30.1 Å². The molecule has 0 aliphatic heterocycles. The van der Waals surface area contributed by atoms with E-state index in [0.717, 1.165) is 18.7 Å². The lowest BCUT2D eigenvalue weighted by Gasteiger charge is -2.16. The van der Waals surface area contributed by atoms with Crippen molar-refractivity contribution in [1.82, 2.24) is 20.3 Å². The average Bonchev–Trinajstić information content (AvgIpc) is 3.03. The predicted octanol–water partition coefficient (Wildman–Crippen LogP) is 1.09. The van der Waals surface area contributed by atoms with E-state index in [1.807, 2.05) is 18.3 Å². The maximum absolute atomic E-state index is 5.44. The molecular formula is C14H20N4O3. The molecule has 1 heterocycles. The summed E-state index contributed by atoms with van der Waals surface area (Å²) in [6.45, 7) is 2.20. The molecule has 1 aromatic carbocycles. The first-order valence-corrected chi connectivity index (χ1v) is 6.62. The van der Waals surface area contributed by atoms with Gasteiger partial charge in [0.05, 0.1) is 34.1 Å². The van der Waals surface area contributed by atoms with E-state index >= 15 is 0 Å². The molecule has 1 N–H and O–H groups in total. The van der Waals surface area contributed by atoms with Crippen LogP contribution in [0, 0.1) is 0 Å². The normalized spacial score (nSPS) is 10.4. The third-order valence-corrected chi connectivity index (χ3v) is 3.09. The number of hydrogen-bond donors (Lipinski definition) is 1. The lowest BCUT2D eigenvalue weighted by Crippen LogP contribution is -2.20. The van der Waals surface area contributed by atoms with Crippen molar-refractivity contribution in [1.29, 1.82) is 0 Å². The quantitative estimate of drug-likeness (QED) is 0.735. The standard InChI is InChI=1S/C14H20N4O3/c1-19-12-5-4-11(13(20-2)14(12)21-3)10-15-6-8-18-9-7-16-17-18/h4-5,7,9,15H,6,8,10H2,1-3H3. The van der Waals surface area contributed by atoms with Gasteiger partial charge in [-0.05, 0) is 6.07 Å². The Morgan fingerprint density at radius 2 is 1.90 bits per heavy atom. The highest BCUT2D eigenvalue weighted by molar-refractivity contribution is 5.55. The van der Waals surface area contributed by atoms with Gasteiger partial charge in [0.15, 0.2) is 11.5 Å². The summed E-state index contributed by atoms with van der Waals surface area (Å²) in [6, 6.07) is 3.83. The van der Waals surface area contributed by atoms with E-state index < -0.39 is 0 Å². The van der Waals surface area contributed by atoms with Crippen molar-refractivity contribution in [3.63, 3.8) is 0 Å². The molecule has 0 amide bonds. The molecule has 0 radical (unpaired) electrons. The van der Waals surface area contributed by atoms with E-state index in [1.165, 1.54) is 0 Å². The molecule has 0 saturated carbocycles. The summed E-state index contributed by atoms with van der Waals surface area (Å²) in [4.78, 5) is 0. The molecule has 0 fully saturated rings. The maximum Gasteiger partial charge on any atom is 0.203 e. The van der Waals surface area contributed by atoms with Crippen LogP contribution in [0.5, 0.6) is 17.2 Å². The molecule has 7 heteroatoms. The monoisotopic (exact) mass is 292 g/mol. The second-order valence-electron chi connectivity index (χ2n) is 4.34. The van der Waals surface area contributed by atoms with Crippen molar-refractivity contribution in [2.24, 2.45) is 0 Å². The van der Waals surface area contributed by atoms with Crippen molar-refractivity contribution < 1.29 is 14.2 Å². The van der Waals surface area contributed by atoms with Gasteiger partial charge < -0.3 is 19.5 Å². The molecule has 0 saturated heterocycles. The van der Waals surface area contributed by atoms with Gasteiger partial charge >= 0.3 is 0 Å². The second-order valence-corrected chi connectivity index (χ2v) is 4.34. The van der Waals surface area contributed by atoms with Crippen LogP contribution in [0.25, 0.3) is 0 Å². The predicted molar refractivity (Wildman–Crippen MR) is 77.8 cm³/mol. The molecule has 0 aliphatic carbocycles. The summed E-state index contributed by atoms with van der Waals surface area (Å²) in [6.07, 6.45) is 3.50. The second kappa shape index (κ2) is 7.49. The summed E-state index contributed by atoms with van der Waals surface area (Å²) in [5.74, 6) is 1.95. The van der Waals surface area contributed by atoms with Gasteiger partial charge in [0.2, 0.25) is 5.75 Å². The van der Waals surface area contributed by atoms with E-state index in [1.54, 1.807) is 32.2 Å². The number of hydrogen-bond acceptors (Lipinski definition) is 6. The van der Waals surface area contributed by atoms with Crippen LogP contribution in [0.3, 0.4) is 0 Å². The van der Waals surface area contributed by atoms with E-state index in [-0.39, 0.29) is 0 Å². The Morgan fingerprint density at radius 1 is 1.10 bits per heavy atom. The topological polar surface area (TPSA) is 70.4 Å². The summed E-state index contributed by atoms with van der Waals surface area (Å²) < 4.78 is 17.8. The van der Waals surface area contributed by atoms with Gasteiger partial charge in [0, 0.05) is 24.8 Å². The van der Waals surface area contributed by atoms with Gasteiger partial charge in [0.25, 0.3) is 0 Å². The molecule has 114 valence electrons. The SMILES string of the molecule is COc1ccc(CNCCn2ccnn2)c(OC)c1OC. The summed E-state index contributed by atoms with van der Waals surface area (Å²) in [5.41, 5.74) is 1.01. The van der Waals surface area contributed by atoms with Gasteiger partial charge in [0.1, 0.15) is 0 Å². The van der Waals surface area contributed by atoms with Crippen molar-refractivity contribution in [3.8, 4) is 17.2 Å². The Labute approximate surface area is 123 Å². The zero-order chi connectivity index (χ0) is 15.1. The zero-order valence-corrected chi connectivity index (χ0v) is 12.5. The highest BCUT2D eigenvalue weighted by atomic mass is 16.5. The number of rotatable bonds is 8. The van der Waals surface area contributed by atoms with Crippen LogP contribution in [-0.4, -0.2) is 42.9 Å². The molecule has 1 aromatic heterocycles. The van der Waals surface area contributed by atoms with Crippen molar-refractivity contribution in [2.75, 3.05) is 27.9 Å². The van der Waals surface area contributed by atoms with Crippen molar-refractivity contribution in [2.45, 2.75) is 13.1 Å². The van der Waals surface area contributed by atoms with Gasteiger partial charge in [-0.15, -0.1) is 5.10 Å². The lowest BCUT2D eigenvalue weighted by molar-refractivity contribution is 0.321. The van der Waals surface area contributed by atoms with E-state index in [4.69, 9.17) is 14.2 Å². The fraction of sp³-hybridized carbons (Fsp3) is 0.429. The van der Waals surface area contributed by atoms with Gasteiger partial charge in [-0.2, -0.15) is 0 Å². The highest BCUT2D eigenvalue weighted by Crippen LogP contribution is 2.39. The minimum atomic E-state index is 0.607. The number of methoxy groups -OCH3 is 3. The molecule has 0 spiro atoms. The van der Waals surface area contributed by atoms with Crippen LogP contribution >= 0.6 is 0 Å². The summed E-state index contributed by atoms with van der Waals surface area (Å²) >= 11 is 0. The minimum absolute atomic E-state index is 0.607. The van der Waals surface area contributed by atoms with E-state index in [2.05, 4.69) is 15.6 Å². The maximum atomic E-state index is 5.44. The fourth-order valence-electron chi connectivity index (χ4n) is 2.07. The smallest absolute Gasteiger partial charge is 0.203 e. The number of aromatic nitrogens is 3. The number of nitrogens with one attached hydrogen (secondary N) is 1. The van der Waals surface area contributed by atoms with Crippen LogP contribution in [0.2, 0.25) is 0 Å². The number of nitrogens with zero attached hydrogens (tertiary/aromatic N) is 3. The van der Waals surface area contributed by atoms with E-state index in [9.17, 15) is 0 Å². The van der Waals surface area contributed by atoms with E-state index in [0.29, 0.717) is 23.8 Å². The lowest BCUT2D eigenvalue weighted by atomic mass is 10.1. The van der Waals surface area contributed by atoms with Crippen LogP contribution in [-0.2, 0) is 13.1 Å². The van der Waals surface area contributed by atoms with Crippen LogP contribution < -0.4 is 19.5 Å². The van der Waals surface area contributed by atoms with Crippen LogP contribution in [0.1, 0.15) is 5.56 Å². The van der Waals surface area contributed by atoms with Crippen molar-refractivity contribution >= 4 is 0 Å². The number of benzene rings is 1. The average molecular weight is 292 g/mol. The first kappa shape index (κ1) is 15.1. The Morgan fingerprint density at radius 3 is 2.52 bits per heavy atom. The summed E-state index contributed by atoms with van der Waals surface area (Å²) in [5, 5.41) is 11.0. The first-order valence-electron chi connectivity index (χ1n) is 6.62. The molecule has 7 nitrogen and oxygen atoms in total. The largest absolute Gasteiger partial charge is 0.493 e. The molecule has 0 unspecified atom stereocenters. The Balaban J connectivity index is 1.99.